The molecule has 0 saturated carbocycles. The summed E-state index contributed by atoms with van der Waals surface area (Å²) >= 11 is 0. The van der Waals surface area contributed by atoms with E-state index in [0.29, 0.717) is 31.9 Å². The highest BCUT2D eigenvalue weighted by molar-refractivity contribution is 5.76. The molecule has 26 heavy (non-hydrogen) atoms. The first kappa shape index (κ1) is 18.4. The minimum atomic E-state index is -1.23. The molecule has 1 aromatic carbocycles. The van der Waals surface area contributed by atoms with Crippen molar-refractivity contribution >= 4 is 5.91 Å². The number of β-amino-alcohol motifs (C(OH)–C–C–N with tert-alkyl or cyclic N) is 1. The first-order valence-electron chi connectivity index (χ1n) is 8.77. The van der Waals surface area contributed by atoms with Gasteiger partial charge in [0.1, 0.15) is 18.0 Å². The number of ether oxygens (including phenoxy) is 2. The van der Waals surface area contributed by atoms with E-state index in [-0.39, 0.29) is 25.7 Å². The number of benzene rings is 1. The minimum absolute atomic E-state index is 0.0156. The number of aliphatic hydroxyl groups is 1. The summed E-state index contributed by atoms with van der Waals surface area (Å²) in [6.45, 7) is 3.83. The van der Waals surface area contributed by atoms with E-state index in [4.69, 9.17) is 9.47 Å². The SMILES string of the molecule is Cc1cccc(OC[C@]2(O)COCCN(C(=O)CCn3ccnc3)C2)c1. The van der Waals surface area contributed by atoms with Gasteiger partial charge in [-0.05, 0) is 24.6 Å². The smallest absolute Gasteiger partial charge is 0.224 e. The molecular weight excluding hydrogens is 334 g/mol. The van der Waals surface area contributed by atoms with Gasteiger partial charge in [-0.3, -0.25) is 4.79 Å². The molecule has 140 valence electrons. The predicted octanol–water partition coefficient (Wildman–Crippen LogP) is 1.25. The molecule has 1 aliphatic heterocycles. The van der Waals surface area contributed by atoms with Crippen LogP contribution in [0.15, 0.2) is 43.0 Å². The summed E-state index contributed by atoms with van der Waals surface area (Å²) < 4.78 is 13.1. The van der Waals surface area contributed by atoms with Gasteiger partial charge in [0.2, 0.25) is 5.91 Å². The maximum Gasteiger partial charge on any atom is 0.224 e. The zero-order chi connectivity index (χ0) is 18.4. The lowest BCUT2D eigenvalue weighted by atomic mass is 10.1. The Labute approximate surface area is 153 Å². The number of rotatable bonds is 6. The second kappa shape index (κ2) is 8.33. The van der Waals surface area contributed by atoms with E-state index in [9.17, 15) is 9.90 Å². The number of aryl methyl sites for hydroxylation is 2. The molecule has 0 unspecified atom stereocenters. The van der Waals surface area contributed by atoms with Gasteiger partial charge < -0.3 is 24.0 Å². The molecule has 0 radical (unpaired) electrons. The molecule has 2 aromatic rings. The molecule has 2 heterocycles. The van der Waals surface area contributed by atoms with E-state index in [0.717, 1.165) is 5.56 Å². The summed E-state index contributed by atoms with van der Waals surface area (Å²) in [4.78, 5) is 18.2. The Morgan fingerprint density at radius 1 is 1.46 bits per heavy atom. The monoisotopic (exact) mass is 359 g/mol. The third-order valence-corrected chi connectivity index (χ3v) is 4.35. The summed E-state index contributed by atoms with van der Waals surface area (Å²) in [7, 11) is 0. The highest BCUT2D eigenvalue weighted by Gasteiger charge is 2.35. The van der Waals surface area contributed by atoms with Gasteiger partial charge in [-0.25, -0.2) is 4.98 Å². The van der Waals surface area contributed by atoms with Crippen molar-refractivity contribution in [2.24, 2.45) is 0 Å². The molecule has 1 saturated heterocycles. The lowest BCUT2D eigenvalue weighted by Gasteiger charge is -2.30. The molecule has 1 atom stereocenters. The molecule has 0 aliphatic carbocycles. The van der Waals surface area contributed by atoms with Crippen molar-refractivity contribution in [3.05, 3.63) is 48.5 Å². The van der Waals surface area contributed by atoms with Crippen molar-refractivity contribution in [2.45, 2.75) is 25.5 Å². The molecule has 1 aromatic heterocycles. The standard InChI is InChI=1S/C19H25N3O4/c1-16-3-2-4-17(11-16)26-14-19(24)12-22(9-10-25-13-19)18(23)5-7-21-8-6-20-15-21/h2-4,6,8,11,15,24H,5,7,9-10,12-14H2,1H3/t19-/m1/s1. The molecule has 0 bridgehead atoms. The van der Waals surface area contributed by atoms with Crippen molar-refractivity contribution in [1.29, 1.82) is 0 Å². The van der Waals surface area contributed by atoms with E-state index in [1.54, 1.807) is 17.4 Å². The predicted molar refractivity (Wildman–Crippen MR) is 95.9 cm³/mol. The average molecular weight is 359 g/mol. The van der Waals surface area contributed by atoms with Crippen LogP contribution in [0.2, 0.25) is 0 Å². The van der Waals surface area contributed by atoms with Crippen LogP contribution >= 0.6 is 0 Å². The quantitative estimate of drug-likeness (QED) is 0.840. The summed E-state index contributed by atoms with van der Waals surface area (Å²) in [5.41, 5.74) is -0.145. The van der Waals surface area contributed by atoms with Gasteiger partial charge >= 0.3 is 0 Å². The second-order valence-electron chi connectivity index (χ2n) is 6.75. The van der Waals surface area contributed by atoms with Crippen molar-refractivity contribution in [3.63, 3.8) is 0 Å². The van der Waals surface area contributed by atoms with Gasteiger partial charge in [0.25, 0.3) is 0 Å². The number of carbonyl (C=O) groups is 1. The van der Waals surface area contributed by atoms with Crippen LogP contribution in [0.4, 0.5) is 0 Å². The number of hydrogen-bond donors (Lipinski definition) is 1. The Balaban J connectivity index is 1.57. The minimum Gasteiger partial charge on any atom is -0.490 e. The third kappa shape index (κ3) is 5.06. The van der Waals surface area contributed by atoms with Crippen LogP contribution in [0.5, 0.6) is 5.75 Å². The largest absolute Gasteiger partial charge is 0.490 e. The summed E-state index contributed by atoms with van der Waals surface area (Å²) in [5, 5.41) is 10.9. The molecule has 1 N–H and O–H groups in total. The Morgan fingerprint density at radius 2 is 2.35 bits per heavy atom. The van der Waals surface area contributed by atoms with Gasteiger partial charge in [0, 0.05) is 31.9 Å². The fraction of sp³-hybridized carbons (Fsp3) is 0.474. The van der Waals surface area contributed by atoms with Crippen molar-refractivity contribution in [1.82, 2.24) is 14.5 Å². The molecular formula is C19H25N3O4. The molecule has 1 aliphatic rings. The summed E-state index contributed by atoms with van der Waals surface area (Å²) in [6, 6.07) is 7.65. The van der Waals surface area contributed by atoms with Crippen molar-refractivity contribution in [3.8, 4) is 5.75 Å². The normalized spacial score (nSPS) is 20.6. The number of hydrogen-bond acceptors (Lipinski definition) is 5. The first-order chi connectivity index (χ1) is 12.5. The van der Waals surface area contributed by atoms with Crippen LogP contribution in [0, 0.1) is 6.92 Å². The van der Waals surface area contributed by atoms with Crippen LogP contribution < -0.4 is 4.74 Å². The average Bonchev–Trinajstić information content (AvgIpc) is 3.07. The first-order valence-corrected chi connectivity index (χ1v) is 8.77. The maximum absolute atomic E-state index is 12.5. The van der Waals surface area contributed by atoms with Gasteiger partial charge in [0.05, 0.1) is 26.1 Å². The van der Waals surface area contributed by atoms with E-state index >= 15 is 0 Å². The lowest BCUT2D eigenvalue weighted by Crippen LogP contribution is -2.50. The Kier molecular flexibility index (Phi) is 5.90. The fourth-order valence-electron chi connectivity index (χ4n) is 2.94. The van der Waals surface area contributed by atoms with Gasteiger partial charge in [-0.2, -0.15) is 0 Å². The molecule has 7 nitrogen and oxygen atoms in total. The van der Waals surface area contributed by atoms with E-state index < -0.39 is 5.60 Å². The maximum atomic E-state index is 12.5. The van der Waals surface area contributed by atoms with Gasteiger partial charge in [-0.1, -0.05) is 12.1 Å². The number of amides is 1. The van der Waals surface area contributed by atoms with Crippen molar-refractivity contribution < 1.29 is 19.4 Å². The molecule has 1 fully saturated rings. The zero-order valence-corrected chi connectivity index (χ0v) is 15.0. The number of aromatic nitrogens is 2. The number of imidazole rings is 1. The second-order valence-corrected chi connectivity index (χ2v) is 6.75. The Hall–Kier alpha value is -2.38. The topological polar surface area (TPSA) is 76.8 Å². The number of carbonyl (C=O) groups excluding carboxylic acids is 1. The summed E-state index contributed by atoms with van der Waals surface area (Å²) in [5.74, 6) is 0.679. The number of nitrogens with zero attached hydrogens (tertiary/aromatic N) is 3. The van der Waals surface area contributed by atoms with Crippen molar-refractivity contribution in [2.75, 3.05) is 32.9 Å². The molecule has 7 heteroatoms. The molecule has 3 rings (SSSR count). The Bertz CT molecular complexity index is 719. The van der Waals surface area contributed by atoms with Crippen LogP contribution in [-0.4, -0.2) is 64.0 Å². The third-order valence-electron chi connectivity index (χ3n) is 4.35. The van der Waals surface area contributed by atoms with Crippen LogP contribution in [0.1, 0.15) is 12.0 Å². The van der Waals surface area contributed by atoms with E-state index in [1.807, 2.05) is 42.0 Å². The fourth-order valence-corrected chi connectivity index (χ4v) is 2.94. The summed E-state index contributed by atoms with van der Waals surface area (Å²) in [6.07, 6.45) is 5.55. The zero-order valence-electron chi connectivity index (χ0n) is 15.0. The highest BCUT2D eigenvalue weighted by Crippen LogP contribution is 2.18. The van der Waals surface area contributed by atoms with E-state index in [1.165, 1.54) is 0 Å². The lowest BCUT2D eigenvalue weighted by molar-refractivity contribution is -0.135. The van der Waals surface area contributed by atoms with Crippen LogP contribution in [-0.2, 0) is 16.1 Å². The van der Waals surface area contributed by atoms with Crippen LogP contribution in [0.3, 0.4) is 0 Å². The Morgan fingerprint density at radius 3 is 3.12 bits per heavy atom. The van der Waals surface area contributed by atoms with Gasteiger partial charge in [0.15, 0.2) is 0 Å². The molecule has 0 spiro atoms. The van der Waals surface area contributed by atoms with Crippen LogP contribution in [0.25, 0.3) is 0 Å². The molecule has 1 amide bonds. The highest BCUT2D eigenvalue weighted by atomic mass is 16.5. The van der Waals surface area contributed by atoms with E-state index in [2.05, 4.69) is 4.98 Å². The van der Waals surface area contributed by atoms with Gasteiger partial charge in [-0.15, -0.1) is 0 Å².